The van der Waals surface area contributed by atoms with Gasteiger partial charge in [-0.25, -0.2) is 0 Å². The Hall–Kier alpha value is -1.90. The highest BCUT2D eigenvalue weighted by Gasteiger charge is 2.27. The summed E-state index contributed by atoms with van der Waals surface area (Å²) in [6.07, 6.45) is 2.68. The Kier molecular flexibility index (Phi) is 2.34. The van der Waals surface area contributed by atoms with Crippen LogP contribution in [0.15, 0.2) is 30.3 Å². The molecule has 98 valence electrons. The maximum atomic E-state index is 5.45. The number of benzene rings is 1. The Bertz CT molecular complexity index is 626. The molecule has 0 amide bonds. The molecule has 19 heavy (non-hydrogen) atoms. The summed E-state index contributed by atoms with van der Waals surface area (Å²) < 4.78 is 13.2. The summed E-state index contributed by atoms with van der Waals surface area (Å²) in [6, 6.07) is 10.7. The Morgan fingerprint density at radius 3 is 2.79 bits per heavy atom. The van der Waals surface area contributed by atoms with Crippen LogP contribution in [0.1, 0.15) is 35.7 Å². The molecule has 2 aliphatic rings. The quantitative estimate of drug-likeness (QED) is 0.838. The summed E-state index contributed by atoms with van der Waals surface area (Å²) in [6.45, 7) is 3.44. The normalized spacial score (nSPS) is 16.9. The smallest absolute Gasteiger partial charge is 0.231 e. The summed E-state index contributed by atoms with van der Waals surface area (Å²) in [5.74, 6) is 2.51. The molecule has 0 saturated heterocycles. The number of aryl methyl sites for hydroxylation is 1. The van der Waals surface area contributed by atoms with E-state index in [-0.39, 0.29) is 0 Å². The number of rotatable bonds is 3. The van der Waals surface area contributed by atoms with Crippen molar-refractivity contribution >= 4 is 0 Å². The lowest BCUT2D eigenvalue weighted by Crippen LogP contribution is -2.05. The number of hydrogen-bond acceptors (Lipinski definition) is 2. The van der Waals surface area contributed by atoms with Crippen molar-refractivity contribution in [3.05, 3.63) is 47.3 Å². The Labute approximate surface area is 112 Å². The van der Waals surface area contributed by atoms with E-state index in [1.807, 2.05) is 6.07 Å². The third-order valence-electron chi connectivity index (χ3n) is 4.01. The van der Waals surface area contributed by atoms with Crippen molar-refractivity contribution in [1.29, 1.82) is 0 Å². The van der Waals surface area contributed by atoms with E-state index < -0.39 is 0 Å². The summed E-state index contributed by atoms with van der Waals surface area (Å²) in [5, 5.41) is 0. The number of nitrogens with zero attached hydrogens (tertiary/aromatic N) is 1. The minimum Gasteiger partial charge on any atom is -0.454 e. The lowest BCUT2D eigenvalue weighted by molar-refractivity contribution is 0.174. The molecule has 1 saturated carbocycles. The molecule has 0 atom stereocenters. The largest absolute Gasteiger partial charge is 0.454 e. The van der Waals surface area contributed by atoms with Crippen LogP contribution in [0, 0.1) is 6.92 Å². The fourth-order valence-corrected chi connectivity index (χ4v) is 2.76. The standard InChI is InChI=1S/C16H17NO2/c1-11-2-6-14(13-4-5-13)17(11)9-12-3-7-15-16(8-12)19-10-18-15/h2-3,6-8,13H,4-5,9-10H2,1H3. The van der Waals surface area contributed by atoms with E-state index >= 15 is 0 Å². The molecular weight excluding hydrogens is 238 g/mol. The first-order valence-corrected chi connectivity index (χ1v) is 6.86. The molecule has 0 spiro atoms. The van der Waals surface area contributed by atoms with Gasteiger partial charge in [0, 0.05) is 17.9 Å². The van der Waals surface area contributed by atoms with Gasteiger partial charge in [0.2, 0.25) is 6.79 Å². The van der Waals surface area contributed by atoms with Crippen molar-refractivity contribution in [2.24, 2.45) is 0 Å². The Balaban J connectivity index is 1.66. The van der Waals surface area contributed by atoms with Gasteiger partial charge >= 0.3 is 0 Å². The fourth-order valence-electron chi connectivity index (χ4n) is 2.76. The SMILES string of the molecule is Cc1ccc(C2CC2)n1Cc1ccc2c(c1)OCO2. The van der Waals surface area contributed by atoms with Gasteiger partial charge in [-0.2, -0.15) is 0 Å². The van der Waals surface area contributed by atoms with E-state index in [1.165, 1.54) is 29.8 Å². The van der Waals surface area contributed by atoms with E-state index in [0.29, 0.717) is 6.79 Å². The van der Waals surface area contributed by atoms with Gasteiger partial charge in [-0.05, 0) is 55.5 Å². The van der Waals surface area contributed by atoms with Crippen LogP contribution >= 0.6 is 0 Å². The topological polar surface area (TPSA) is 23.4 Å². The predicted molar refractivity (Wildman–Crippen MR) is 72.8 cm³/mol. The molecule has 1 aliphatic carbocycles. The van der Waals surface area contributed by atoms with Crippen LogP contribution in [0.4, 0.5) is 0 Å². The first-order chi connectivity index (χ1) is 9.31. The van der Waals surface area contributed by atoms with Crippen molar-refractivity contribution in [3.8, 4) is 11.5 Å². The van der Waals surface area contributed by atoms with Crippen LogP contribution < -0.4 is 9.47 Å². The molecule has 1 aromatic carbocycles. The minimum atomic E-state index is 0.342. The highest BCUT2D eigenvalue weighted by atomic mass is 16.7. The van der Waals surface area contributed by atoms with Crippen molar-refractivity contribution in [1.82, 2.24) is 4.57 Å². The minimum absolute atomic E-state index is 0.342. The van der Waals surface area contributed by atoms with Gasteiger partial charge < -0.3 is 14.0 Å². The van der Waals surface area contributed by atoms with Crippen LogP contribution in [0.2, 0.25) is 0 Å². The third kappa shape index (κ3) is 1.89. The second-order valence-corrected chi connectivity index (χ2v) is 5.45. The molecule has 2 heterocycles. The molecule has 0 unspecified atom stereocenters. The van der Waals surface area contributed by atoms with Crippen molar-refractivity contribution in [2.75, 3.05) is 6.79 Å². The molecule has 3 nitrogen and oxygen atoms in total. The van der Waals surface area contributed by atoms with Crippen molar-refractivity contribution < 1.29 is 9.47 Å². The highest BCUT2D eigenvalue weighted by molar-refractivity contribution is 5.44. The first-order valence-electron chi connectivity index (χ1n) is 6.86. The van der Waals surface area contributed by atoms with Crippen LogP contribution in [0.5, 0.6) is 11.5 Å². The van der Waals surface area contributed by atoms with Gasteiger partial charge in [-0.3, -0.25) is 0 Å². The molecular formula is C16H17NO2. The lowest BCUT2D eigenvalue weighted by atomic mass is 10.2. The summed E-state index contributed by atoms with van der Waals surface area (Å²) >= 11 is 0. The van der Waals surface area contributed by atoms with Gasteiger partial charge in [0.25, 0.3) is 0 Å². The molecule has 0 radical (unpaired) electrons. The van der Waals surface area contributed by atoms with E-state index in [1.54, 1.807) is 0 Å². The Morgan fingerprint density at radius 2 is 1.95 bits per heavy atom. The zero-order chi connectivity index (χ0) is 12.8. The van der Waals surface area contributed by atoms with Gasteiger partial charge in [-0.15, -0.1) is 0 Å². The zero-order valence-corrected chi connectivity index (χ0v) is 11.1. The van der Waals surface area contributed by atoms with Crippen molar-refractivity contribution in [3.63, 3.8) is 0 Å². The number of fused-ring (bicyclic) bond motifs is 1. The third-order valence-corrected chi connectivity index (χ3v) is 4.01. The van der Waals surface area contributed by atoms with Crippen LogP contribution in [0.25, 0.3) is 0 Å². The number of aromatic nitrogens is 1. The number of hydrogen-bond donors (Lipinski definition) is 0. The van der Waals surface area contributed by atoms with E-state index in [2.05, 4.69) is 35.8 Å². The molecule has 1 fully saturated rings. The van der Waals surface area contributed by atoms with E-state index in [0.717, 1.165) is 24.0 Å². The molecule has 2 aromatic rings. The first kappa shape index (κ1) is 11.0. The van der Waals surface area contributed by atoms with Gasteiger partial charge in [0.15, 0.2) is 11.5 Å². The van der Waals surface area contributed by atoms with Gasteiger partial charge in [-0.1, -0.05) is 6.07 Å². The monoisotopic (exact) mass is 255 g/mol. The van der Waals surface area contributed by atoms with E-state index in [9.17, 15) is 0 Å². The Morgan fingerprint density at radius 1 is 1.11 bits per heavy atom. The van der Waals surface area contributed by atoms with Crippen LogP contribution in [-0.2, 0) is 6.54 Å². The number of ether oxygens (including phenoxy) is 2. The van der Waals surface area contributed by atoms with Crippen LogP contribution in [0.3, 0.4) is 0 Å². The summed E-state index contributed by atoms with van der Waals surface area (Å²) in [5.41, 5.74) is 4.08. The second kappa shape index (κ2) is 4.05. The maximum absolute atomic E-state index is 5.45. The maximum Gasteiger partial charge on any atom is 0.231 e. The second-order valence-electron chi connectivity index (χ2n) is 5.45. The highest BCUT2D eigenvalue weighted by Crippen LogP contribution is 2.41. The lowest BCUT2D eigenvalue weighted by Gasteiger charge is -2.12. The van der Waals surface area contributed by atoms with E-state index in [4.69, 9.17) is 9.47 Å². The molecule has 3 heteroatoms. The average Bonchev–Trinajstić information content (AvgIpc) is 3.04. The fraction of sp³-hybridized carbons (Fsp3) is 0.375. The van der Waals surface area contributed by atoms with Gasteiger partial charge in [0.05, 0.1) is 0 Å². The summed E-state index contributed by atoms with van der Waals surface area (Å²) in [7, 11) is 0. The molecule has 0 bridgehead atoms. The molecule has 1 aromatic heterocycles. The van der Waals surface area contributed by atoms with Crippen LogP contribution in [-0.4, -0.2) is 11.4 Å². The zero-order valence-electron chi connectivity index (χ0n) is 11.1. The predicted octanol–water partition coefficient (Wildman–Crippen LogP) is 3.45. The average molecular weight is 255 g/mol. The molecule has 0 N–H and O–H groups in total. The molecule has 4 rings (SSSR count). The summed E-state index contributed by atoms with van der Waals surface area (Å²) in [4.78, 5) is 0. The van der Waals surface area contributed by atoms with Crippen molar-refractivity contribution in [2.45, 2.75) is 32.2 Å². The van der Waals surface area contributed by atoms with Gasteiger partial charge in [0.1, 0.15) is 0 Å². The molecule has 1 aliphatic heterocycles.